The number of hydrogen-bond acceptors (Lipinski definition) is 7. The first-order valence-corrected chi connectivity index (χ1v) is 9.83. The molecule has 0 atom stereocenters. The van der Waals surface area contributed by atoms with Crippen LogP contribution in [-0.2, 0) is 18.3 Å². The fraction of sp³-hybridized carbons (Fsp3) is 0.389. The number of anilines is 1. The number of amides is 1. The third kappa shape index (κ3) is 4.20. The van der Waals surface area contributed by atoms with Crippen LogP contribution < -0.4 is 10.6 Å². The molecule has 1 aliphatic heterocycles. The van der Waals surface area contributed by atoms with Crippen LogP contribution in [0.25, 0.3) is 10.6 Å². The highest BCUT2D eigenvalue weighted by atomic mass is 32.1. The van der Waals surface area contributed by atoms with E-state index in [0.717, 1.165) is 48.0 Å². The van der Waals surface area contributed by atoms with Gasteiger partial charge in [-0.15, -0.1) is 11.3 Å². The zero-order chi connectivity index (χ0) is 18.6. The molecule has 1 aliphatic rings. The maximum atomic E-state index is 12.4. The van der Waals surface area contributed by atoms with Crippen molar-refractivity contribution in [1.29, 1.82) is 0 Å². The van der Waals surface area contributed by atoms with Gasteiger partial charge in [-0.2, -0.15) is 10.1 Å². The molecule has 4 heterocycles. The Morgan fingerprint density at radius 2 is 2.22 bits per heavy atom. The molecule has 0 aliphatic carbocycles. The Bertz CT molecular complexity index is 915. The van der Waals surface area contributed by atoms with Gasteiger partial charge in [-0.3, -0.25) is 15.1 Å². The Labute approximate surface area is 161 Å². The number of hydrogen-bond donors (Lipinski definition) is 2. The van der Waals surface area contributed by atoms with Crippen LogP contribution in [0, 0.1) is 0 Å². The minimum atomic E-state index is -0.148. The van der Waals surface area contributed by atoms with E-state index >= 15 is 0 Å². The van der Waals surface area contributed by atoms with E-state index in [4.69, 9.17) is 0 Å². The molecule has 9 heteroatoms. The summed E-state index contributed by atoms with van der Waals surface area (Å²) >= 11 is 1.51. The van der Waals surface area contributed by atoms with E-state index in [0.29, 0.717) is 11.9 Å². The van der Waals surface area contributed by atoms with Gasteiger partial charge < -0.3 is 5.32 Å². The first-order chi connectivity index (χ1) is 13.2. The molecule has 8 nitrogen and oxygen atoms in total. The molecule has 4 rings (SSSR count). The van der Waals surface area contributed by atoms with Crippen LogP contribution in [0.5, 0.6) is 0 Å². The standard InChI is InChI=1S/C18H21N7OS/c1-25-18(23-16(24-25)12-4-7-19-8-5-12)22-15(26)9-14-11-27-17(21-14)13-3-2-6-20-10-13/h2-3,6,10-12,19H,4-5,7-9H2,1H3,(H,22,23,24,26). The van der Waals surface area contributed by atoms with E-state index in [9.17, 15) is 4.79 Å². The van der Waals surface area contributed by atoms with E-state index in [-0.39, 0.29) is 12.3 Å². The van der Waals surface area contributed by atoms with Gasteiger partial charge in [-0.05, 0) is 38.1 Å². The fourth-order valence-corrected chi connectivity index (χ4v) is 3.92. The third-order valence-electron chi connectivity index (χ3n) is 4.54. The summed E-state index contributed by atoms with van der Waals surface area (Å²) in [7, 11) is 1.80. The second-order valence-electron chi connectivity index (χ2n) is 6.55. The first kappa shape index (κ1) is 17.7. The number of piperidine rings is 1. The van der Waals surface area contributed by atoms with Gasteiger partial charge in [0.1, 0.15) is 5.01 Å². The number of nitrogens with one attached hydrogen (secondary N) is 2. The smallest absolute Gasteiger partial charge is 0.232 e. The number of thiazole rings is 1. The van der Waals surface area contributed by atoms with E-state index in [1.165, 1.54) is 11.3 Å². The Balaban J connectivity index is 1.40. The van der Waals surface area contributed by atoms with E-state index in [1.807, 2.05) is 17.5 Å². The van der Waals surface area contributed by atoms with Gasteiger partial charge in [0, 0.05) is 36.3 Å². The summed E-state index contributed by atoms with van der Waals surface area (Å²) in [6.45, 7) is 1.96. The molecule has 140 valence electrons. The summed E-state index contributed by atoms with van der Waals surface area (Å²) in [5.41, 5.74) is 1.69. The summed E-state index contributed by atoms with van der Waals surface area (Å²) in [4.78, 5) is 25.6. The zero-order valence-corrected chi connectivity index (χ0v) is 15.9. The Morgan fingerprint density at radius 3 is 3.00 bits per heavy atom. The molecule has 1 saturated heterocycles. The highest BCUT2D eigenvalue weighted by Crippen LogP contribution is 2.24. The quantitative estimate of drug-likeness (QED) is 0.699. The van der Waals surface area contributed by atoms with Crippen LogP contribution in [0.3, 0.4) is 0 Å². The minimum absolute atomic E-state index is 0.148. The maximum absolute atomic E-state index is 12.4. The maximum Gasteiger partial charge on any atom is 0.232 e. The van der Waals surface area contributed by atoms with Crippen molar-refractivity contribution in [2.75, 3.05) is 18.4 Å². The van der Waals surface area contributed by atoms with Crippen LogP contribution in [-0.4, -0.2) is 43.7 Å². The number of nitrogens with zero attached hydrogens (tertiary/aromatic N) is 5. The topological polar surface area (TPSA) is 97.6 Å². The van der Waals surface area contributed by atoms with E-state index < -0.39 is 0 Å². The van der Waals surface area contributed by atoms with Crippen molar-refractivity contribution < 1.29 is 4.79 Å². The van der Waals surface area contributed by atoms with Gasteiger partial charge in [0.05, 0.1) is 12.1 Å². The predicted octanol–water partition coefficient (Wildman–Crippen LogP) is 1.98. The summed E-state index contributed by atoms with van der Waals surface area (Å²) < 4.78 is 1.64. The van der Waals surface area contributed by atoms with Crippen molar-refractivity contribution in [3.8, 4) is 10.6 Å². The molecule has 1 amide bonds. The lowest BCUT2D eigenvalue weighted by Gasteiger charge is -2.19. The lowest BCUT2D eigenvalue weighted by molar-refractivity contribution is -0.115. The van der Waals surface area contributed by atoms with Crippen molar-refractivity contribution in [3.05, 3.63) is 41.4 Å². The van der Waals surface area contributed by atoms with Crippen LogP contribution in [0.2, 0.25) is 0 Å². The van der Waals surface area contributed by atoms with Gasteiger partial charge in [-0.25, -0.2) is 9.67 Å². The third-order valence-corrected chi connectivity index (χ3v) is 5.48. The lowest BCUT2D eigenvalue weighted by atomic mass is 9.98. The number of carbonyl (C=O) groups is 1. The average molecular weight is 383 g/mol. The summed E-state index contributed by atoms with van der Waals surface area (Å²) in [5, 5.41) is 13.4. The van der Waals surface area contributed by atoms with Gasteiger partial charge >= 0.3 is 0 Å². The molecule has 27 heavy (non-hydrogen) atoms. The van der Waals surface area contributed by atoms with Crippen LogP contribution in [0.4, 0.5) is 5.95 Å². The average Bonchev–Trinajstić information content (AvgIpc) is 3.30. The highest BCUT2D eigenvalue weighted by molar-refractivity contribution is 7.13. The molecule has 0 unspecified atom stereocenters. The van der Waals surface area contributed by atoms with Crippen molar-refractivity contribution in [3.63, 3.8) is 0 Å². The Morgan fingerprint density at radius 1 is 1.37 bits per heavy atom. The van der Waals surface area contributed by atoms with E-state index in [2.05, 4.69) is 30.7 Å². The zero-order valence-electron chi connectivity index (χ0n) is 15.1. The molecule has 1 fully saturated rings. The van der Waals surface area contributed by atoms with Crippen LogP contribution in [0.15, 0.2) is 29.9 Å². The lowest BCUT2D eigenvalue weighted by Crippen LogP contribution is -2.27. The van der Waals surface area contributed by atoms with Crippen LogP contribution >= 0.6 is 11.3 Å². The summed E-state index contributed by atoms with van der Waals surface area (Å²) in [6, 6.07) is 3.83. The molecule has 3 aromatic heterocycles. The molecular formula is C18H21N7OS. The van der Waals surface area contributed by atoms with Gasteiger partial charge in [0.25, 0.3) is 0 Å². The van der Waals surface area contributed by atoms with Gasteiger partial charge in [0.15, 0.2) is 5.82 Å². The molecule has 2 N–H and O–H groups in total. The number of rotatable bonds is 5. The number of aromatic nitrogens is 5. The molecule has 3 aromatic rings. The summed E-state index contributed by atoms with van der Waals surface area (Å²) in [5.74, 6) is 1.49. The SMILES string of the molecule is Cn1nc(C2CCNCC2)nc1NC(=O)Cc1csc(-c2cccnc2)n1. The molecule has 0 saturated carbocycles. The predicted molar refractivity (Wildman–Crippen MR) is 104 cm³/mol. The van der Waals surface area contributed by atoms with Crippen molar-refractivity contribution in [2.45, 2.75) is 25.2 Å². The largest absolute Gasteiger partial charge is 0.317 e. The highest BCUT2D eigenvalue weighted by Gasteiger charge is 2.21. The van der Waals surface area contributed by atoms with Gasteiger partial charge in [0.2, 0.25) is 11.9 Å². The van der Waals surface area contributed by atoms with Crippen molar-refractivity contribution in [2.24, 2.45) is 7.05 Å². The Kier molecular flexibility index (Phi) is 5.21. The molecule has 0 spiro atoms. The number of aryl methyl sites for hydroxylation is 1. The minimum Gasteiger partial charge on any atom is -0.317 e. The van der Waals surface area contributed by atoms with E-state index in [1.54, 1.807) is 24.1 Å². The Hall–Kier alpha value is -2.65. The fourth-order valence-electron chi connectivity index (χ4n) is 3.11. The normalized spacial score (nSPS) is 15.0. The van der Waals surface area contributed by atoms with Crippen molar-refractivity contribution >= 4 is 23.2 Å². The second kappa shape index (κ2) is 7.93. The van der Waals surface area contributed by atoms with Gasteiger partial charge in [-0.1, -0.05) is 0 Å². The summed E-state index contributed by atoms with van der Waals surface area (Å²) in [6.07, 6.45) is 5.74. The number of carbonyl (C=O) groups excluding carboxylic acids is 1. The molecule has 0 radical (unpaired) electrons. The monoisotopic (exact) mass is 383 g/mol. The molecule has 0 bridgehead atoms. The first-order valence-electron chi connectivity index (χ1n) is 8.95. The van der Waals surface area contributed by atoms with Crippen LogP contribution in [0.1, 0.15) is 30.3 Å². The number of pyridine rings is 1. The van der Waals surface area contributed by atoms with Crippen molar-refractivity contribution in [1.82, 2.24) is 30.0 Å². The molecular weight excluding hydrogens is 362 g/mol. The molecule has 0 aromatic carbocycles. The second-order valence-corrected chi connectivity index (χ2v) is 7.41.